The van der Waals surface area contributed by atoms with Gasteiger partial charge in [-0.3, -0.25) is 9.59 Å². The molecule has 0 bridgehead atoms. The zero-order valence-electron chi connectivity index (χ0n) is 21.1. The minimum atomic E-state index is -0.644. The highest BCUT2D eigenvalue weighted by Crippen LogP contribution is 2.39. The molecule has 38 heavy (non-hydrogen) atoms. The van der Waals surface area contributed by atoms with Gasteiger partial charge >= 0.3 is 0 Å². The van der Waals surface area contributed by atoms with Gasteiger partial charge < -0.3 is 10.1 Å². The van der Waals surface area contributed by atoms with Crippen LogP contribution in [0, 0.1) is 0 Å². The Morgan fingerprint density at radius 1 is 1.13 bits per heavy atom. The summed E-state index contributed by atoms with van der Waals surface area (Å²) in [4.78, 5) is 30.0. The topological polar surface area (TPSA) is 83.4 Å². The number of benzene rings is 3. The predicted molar refractivity (Wildman–Crippen MR) is 153 cm³/mol. The molecule has 9 heteroatoms. The van der Waals surface area contributed by atoms with Gasteiger partial charge in [-0.15, -0.1) is 0 Å². The number of amides is 2. The van der Waals surface area contributed by atoms with Crippen molar-refractivity contribution in [2.75, 3.05) is 12.4 Å². The summed E-state index contributed by atoms with van der Waals surface area (Å²) in [7, 11) is 1.52. The summed E-state index contributed by atoms with van der Waals surface area (Å²) < 4.78 is 5.30. The first-order valence-corrected chi connectivity index (χ1v) is 13.6. The minimum absolute atomic E-state index is 0.0366. The molecule has 3 aromatic rings. The number of hydrogen-bond acceptors (Lipinski definition) is 6. The normalized spacial score (nSPS) is 18.8. The Balaban J connectivity index is 1.34. The SMILES string of the molecule is CCc1ccc([C@H]2CC(c3ccccc3)=NN2C2=NC(=O)[C@H](CC(=O)Nc3cc(Cl)ccc3OC)S2)cc1. The fourth-order valence-electron chi connectivity index (χ4n) is 4.48. The number of hydrogen-bond donors (Lipinski definition) is 1. The maximum Gasteiger partial charge on any atom is 0.262 e. The molecule has 1 N–H and O–H groups in total. The minimum Gasteiger partial charge on any atom is -0.495 e. The van der Waals surface area contributed by atoms with Gasteiger partial charge in [-0.2, -0.15) is 10.1 Å². The fraction of sp³-hybridized carbons (Fsp3) is 0.241. The molecule has 2 aliphatic heterocycles. The summed E-state index contributed by atoms with van der Waals surface area (Å²) in [6.45, 7) is 2.13. The number of hydrazone groups is 1. The highest BCUT2D eigenvalue weighted by molar-refractivity contribution is 8.15. The number of nitrogens with zero attached hydrogens (tertiary/aromatic N) is 3. The van der Waals surface area contributed by atoms with Gasteiger partial charge in [0.15, 0.2) is 5.17 Å². The van der Waals surface area contributed by atoms with Gasteiger partial charge in [-0.05, 0) is 41.3 Å². The second-order valence-electron chi connectivity index (χ2n) is 9.01. The van der Waals surface area contributed by atoms with E-state index in [0.717, 1.165) is 23.3 Å². The molecule has 2 atom stereocenters. The Morgan fingerprint density at radius 2 is 1.89 bits per heavy atom. The van der Waals surface area contributed by atoms with Gasteiger partial charge in [-0.1, -0.05) is 84.9 Å². The van der Waals surface area contributed by atoms with E-state index in [1.165, 1.54) is 24.4 Å². The summed E-state index contributed by atoms with van der Waals surface area (Å²) in [5.41, 5.74) is 4.77. The number of carbonyl (C=O) groups is 2. The van der Waals surface area contributed by atoms with Crippen molar-refractivity contribution in [1.29, 1.82) is 0 Å². The van der Waals surface area contributed by atoms with E-state index in [1.807, 2.05) is 35.3 Å². The van der Waals surface area contributed by atoms with Gasteiger partial charge in [-0.25, -0.2) is 5.01 Å². The number of anilines is 1. The first-order valence-electron chi connectivity index (χ1n) is 12.4. The van der Waals surface area contributed by atoms with Gasteiger partial charge in [0.2, 0.25) is 5.91 Å². The summed E-state index contributed by atoms with van der Waals surface area (Å²) in [6.07, 6.45) is 1.61. The molecule has 0 radical (unpaired) electrons. The molecule has 7 nitrogen and oxygen atoms in total. The Bertz CT molecular complexity index is 1410. The van der Waals surface area contributed by atoms with Crippen LogP contribution in [0.2, 0.25) is 5.02 Å². The van der Waals surface area contributed by atoms with Gasteiger partial charge in [0.05, 0.1) is 24.6 Å². The van der Waals surface area contributed by atoms with Crippen molar-refractivity contribution in [2.45, 2.75) is 37.5 Å². The van der Waals surface area contributed by atoms with Crippen molar-refractivity contribution in [3.63, 3.8) is 0 Å². The van der Waals surface area contributed by atoms with Crippen molar-refractivity contribution in [2.24, 2.45) is 10.1 Å². The second kappa shape index (κ2) is 11.4. The molecule has 0 saturated carbocycles. The van der Waals surface area contributed by atoms with E-state index in [4.69, 9.17) is 21.4 Å². The average Bonchev–Trinajstić information content (AvgIpc) is 3.53. The molecular formula is C29H27ClN4O3S. The number of methoxy groups -OCH3 is 1. The van der Waals surface area contributed by atoms with E-state index in [-0.39, 0.29) is 24.3 Å². The molecule has 3 aromatic carbocycles. The lowest BCUT2D eigenvalue weighted by Gasteiger charge is -2.23. The lowest BCUT2D eigenvalue weighted by atomic mass is 9.97. The lowest BCUT2D eigenvalue weighted by Crippen LogP contribution is -2.25. The highest BCUT2D eigenvalue weighted by Gasteiger charge is 2.39. The Kier molecular flexibility index (Phi) is 7.81. The van der Waals surface area contributed by atoms with Crippen molar-refractivity contribution in [1.82, 2.24) is 5.01 Å². The number of rotatable bonds is 7. The van der Waals surface area contributed by atoms with E-state index in [0.29, 0.717) is 28.0 Å². The zero-order valence-corrected chi connectivity index (χ0v) is 22.6. The number of amidine groups is 1. The van der Waals surface area contributed by atoms with Gasteiger partial charge in [0.25, 0.3) is 5.91 Å². The molecule has 5 rings (SSSR count). The molecule has 2 aliphatic rings. The van der Waals surface area contributed by atoms with Crippen LogP contribution in [-0.4, -0.2) is 40.1 Å². The molecule has 2 heterocycles. The second-order valence-corrected chi connectivity index (χ2v) is 10.6. The molecule has 0 aliphatic carbocycles. The van der Waals surface area contributed by atoms with Crippen LogP contribution in [0.15, 0.2) is 82.9 Å². The van der Waals surface area contributed by atoms with Gasteiger partial charge in [0.1, 0.15) is 11.0 Å². The van der Waals surface area contributed by atoms with Crippen molar-refractivity contribution >= 4 is 51.7 Å². The maximum atomic E-state index is 12.9. The van der Waals surface area contributed by atoms with Crippen LogP contribution in [0.5, 0.6) is 5.75 Å². The Hall–Kier alpha value is -3.62. The van der Waals surface area contributed by atoms with Crippen LogP contribution in [0.25, 0.3) is 0 Å². The summed E-state index contributed by atoms with van der Waals surface area (Å²) in [5, 5.41) is 9.87. The number of carbonyl (C=O) groups excluding carboxylic acids is 2. The largest absolute Gasteiger partial charge is 0.495 e. The van der Waals surface area contributed by atoms with E-state index >= 15 is 0 Å². The highest BCUT2D eigenvalue weighted by atomic mass is 35.5. The lowest BCUT2D eigenvalue weighted by molar-refractivity contribution is -0.121. The van der Waals surface area contributed by atoms with Crippen LogP contribution in [-0.2, 0) is 16.0 Å². The first-order chi connectivity index (χ1) is 18.4. The van der Waals surface area contributed by atoms with Crippen molar-refractivity contribution in [3.8, 4) is 5.75 Å². The van der Waals surface area contributed by atoms with E-state index in [9.17, 15) is 9.59 Å². The average molecular weight is 547 g/mol. The summed E-state index contributed by atoms with van der Waals surface area (Å²) >= 11 is 7.35. The fourth-order valence-corrected chi connectivity index (χ4v) is 5.71. The first kappa shape index (κ1) is 26.0. The molecule has 0 saturated heterocycles. The Labute approximate surface area is 230 Å². The number of aryl methyl sites for hydroxylation is 1. The van der Waals surface area contributed by atoms with Crippen molar-refractivity contribution < 1.29 is 14.3 Å². The Morgan fingerprint density at radius 3 is 2.61 bits per heavy atom. The molecule has 0 aromatic heterocycles. The molecular weight excluding hydrogens is 520 g/mol. The summed E-state index contributed by atoms with van der Waals surface area (Å²) in [5.74, 6) is -0.182. The van der Waals surface area contributed by atoms with E-state index < -0.39 is 5.25 Å². The van der Waals surface area contributed by atoms with Crippen LogP contribution >= 0.6 is 23.4 Å². The zero-order chi connectivity index (χ0) is 26.6. The monoisotopic (exact) mass is 546 g/mol. The number of nitrogens with one attached hydrogen (secondary N) is 1. The standard InChI is InChI=1S/C29H27ClN4O3S/c1-3-18-9-11-20(12-10-18)24-16-22(19-7-5-4-6-8-19)33-34(24)29-32-28(36)26(38-29)17-27(35)31-23-15-21(30)13-14-25(23)37-2/h4-15,24,26H,3,16-17H2,1-2H3,(H,31,35)/t24-,26+/m1/s1. The molecule has 0 fully saturated rings. The number of ether oxygens (including phenoxy) is 1. The van der Waals surface area contributed by atoms with Crippen molar-refractivity contribution in [3.05, 3.63) is 94.5 Å². The van der Waals surface area contributed by atoms with Gasteiger partial charge in [0, 0.05) is 17.9 Å². The van der Waals surface area contributed by atoms with Crippen LogP contribution in [0.4, 0.5) is 5.69 Å². The van der Waals surface area contributed by atoms with E-state index in [1.54, 1.807) is 18.2 Å². The third-order valence-electron chi connectivity index (χ3n) is 6.52. The molecule has 0 spiro atoms. The maximum absolute atomic E-state index is 12.9. The van der Waals surface area contributed by atoms with Crippen LogP contribution < -0.4 is 10.1 Å². The van der Waals surface area contributed by atoms with E-state index in [2.05, 4.69) is 41.5 Å². The predicted octanol–water partition coefficient (Wildman–Crippen LogP) is 6.09. The quantitative estimate of drug-likeness (QED) is 0.388. The number of aliphatic imine (C=N–C) groups is 1. The molecule has 2 amide bonds. The third kappa shape index (κ3) is 5.61. The third-order valence-corrected chi connectivity index (χ3v) is 7.90. The molecule has 0 unspecified atom stereocenters. The number of thioether (sulfide) groups is 1. The molecule has 194 valence electrons. The van der Waals surface area contributed by atoms with Crippen LogP contribution in [0.1, 0.15) is 42.5 Å². The summed E-state index contributed by atoms with van der Waals surface area (Å²) in [6, 6.07) is 23.4. The number of halogens is 1. The van der Waals surface area contributed by atoms with Crippen LogP contribution in [0.3, 0.4) is 0 Å². The smallest absolute Gasteiger partial charge is 0.262 e.